The molecule has 0 spiro atoms. The van der Waals surface area contributed by atoms with Gasteiger partial charge in [-0.25, -0.2) is 0 Å². The van der Waals surface area contributed by atoms with Crippen LogP contribution in [0.2, 0.25) is 0 Å². The molecule has 0 saturated heterocycles. The predicted octanol–water partition coefficient (Wildman–Crippen LogP) is 1.30. The molecule has 1 fully saturated rings. The minimum Gasteiger partial charge on any atom is -0.481 e. The molecule has 0 aromatic heterocycles. The van der Waals surface area contributed by atoms with Gasteiger partial charge >= 0.3 is 11.9 Å². The van der Waals surface area contributed by atoms with Gasteiger partial charge < -0.3 is 9.84 Å². The number of carbonyl (C=O) groups excluding carboxylic acids is 1. The number of rotatable bonds is 2. The van der Waals surface area contributed by atoms with Crippen LogP contribution in [0.1, 0.15) is 26.2 Å². The van der Waals surface area contributed by atoms with Gasteiger partial charge in [-0.1, -0.05) is 6.92 Å². The van der Waals surface area contributed by atoms with Gasteiger partial charge in [0, 0.05) is 0 Å². The zero-order chi connectivity index (χ0) is 10.7. The first-order valence-corrected chi connectivity index (χ1v) is 4.87. The van der Waals surface area contributed by atoms with Gasteiger partial charge in [-0.05, 0) is 25.2 Å². The average molecular weight is 200 g/mol. The zero-order valence-corrected chi connectivity index (χ0v) is 8.53. The van der Waals surface area contributed by atoms with E-state index in [0.29, 0.717) is 18.8 Å². The van der Waals surface area contributed by atoms with Crippen molar-refractivity contribution < 1.29 is 19.4 Å². The molecule has 0 aliphatic heterocycles. The summed E-state index contributed by atoms with van der Waals surface area (Å²) in [6.45, 7) is 2.04. The van der Waals surface area contributed by atoms with Gasteiger partial charge in [-0.15, -0.1) is 0 Å². The Balaban J connectivity index is 2.73. The lowest BCUT2D eigenvalue weighted by Gasteiger charge is -2.30. The molecule has 3 atom stereocenters. The van der Waals surface area contributed by atoms with E-state index in [1.807, 2.05) is 6.92 Å². The summed E-state index contributed by atoms with van der Waals surface area (Å²) in [7, 11) is 1.31. The summed E-state index contributed by atoms with van der Waals surface area (Å²) in [5.41, 5.74) is 0. The maximum Gasteiger partial charge on any atom is 0.309 e. The number of ether oxygens (including phenoxy) is 1. The number of carboxylic acids is 1. The topological polar surface area (TPSA) is 63.6 Å². The van der Waals surface area contributed by atoms with Crippen LogP contribution in [0.4, 0.5) is 0 Å². The third-order valence-corrected chi connectivity index (χ3v) is 2.93. The van der Waals surface area contributed by atoms with Crippen molar-refractivity contribution in [1.82, 2.24) is 0 Å². The molecule has 14 heavy (non-hydrogen) atoms. The fourth-order valence-corrected chi connectivity index (χ4v) is 2.09. The number of methoxy groups -OCH3 is 1. The van der Waals surface area contributed by atoms with Gasteiger partial charge in [0.1, 0.15) is 0 Å². The number of hydrogen-bond donors (Lipinski definition) is 1. The molecule has 1 saturated carbocycles. The van der Waals surface area contributed by atoms with Crippen molar-refractivity contribution in [3.63, 3.8) is 0 Å². The van der Waals surface area contributed by atoms with E-state index in [9.17, 15) is 9.59 Å². The molecule has 0 bridgehead atoms. The normalized spacial score (nSPS) is 32.3. The first kappa shape index (κ1) is 11.0. The first-order chi connectivity index (χ1) is 6.56. The summed E-state index contributed by atoms with van der Waals surface area (Å²) in [6.07, 6.45) is 2.09. The summed E-state index contributed by atoms with van der Waals surface area (Å²) >= 11 is 0. The molecule has 4 heteroatoms. The summed E-state index contributed by atoms with van der Waals surface area (Å²) in [6, 6.07) is 0. The SMILES string of the molecule is COC(=O)C1CC(C)CCC1C(=O)O. The number of aliphatic carboxylic acids is 1. The molecule has 1 aliphatic carbocycles. The van der Waals surface area contributed by atoms with E-state index in [0.717, 1.165) is 6.42 Å². The molecule has 0 heterocycles. The van der Waals surface area contributed by atoms with E-state index >= 15 is 0 Å². The predicted molar refractivity (Wildman–Crippen MR) is 49.6 cm³/mol. The Kier molecular flexibility index (Phi) is 3.49. The highest BCUT2D eigenvalue weighted by molar-refractivity contribution is 5.81. The second-order valence-electron chi connectivity index (χ2n) is 3.99. The minimum atomic E-state index is -0.882. The van der Waals surface area contributed by atoms with Crippen molar-refractivity contribution in [1.29, 1.82) is 0 Å². The van der Waals surface area contributed by atoms with Gasteiger partial charge in [0.05, 0.1) is 18.9 Å². The Bertz CT molecular complexity index is 236. The van der Waals surface area contributed by atoms with E-state index in [1.165, 1.54) is 7.11 Å². The van der Waals surface area contributed by atoms with E-state index < -0.39 is 17.8 Å². The molecular formula is C10H16O4. The Labute approximate surface area is 83.2 Å². The monoisotopic (exact) mass is 200 g/mol. The summed E-state index contributed by atoms with van der Waals surface area (Å²) in [5.74, 6) is -1.87. The van der Waals surface area contributed by atoms with Crippen LogP contribution >= 0.6 is 0 Å². The van der Waals surface area contributed by atoms with Gasteiger partial charge in [-0.2, -0.15) is 0 Å². The molecule has 1 N–H and O–H groups in total. The van der Waals surface area contributed by atoms with Gasteiger partial charge in [0.25, 0.3) is 0 Å². The van der Waals surface area contributed by atoms with E-state index in [1.54, 1.807) is 0 Å². The Hall–Kier alpha value is -1.06. The Morgan fingerprint density at radius 2 is 1.93 bits per heavy atom. The molecular weight excluding hydrogens is 184 g/mol. The van der Waals surface area contributed by atoms with Gasteiger partial charge in [0.2, 0.25) is 0 Å². The van der Waals surface area contributed by atoms with Crippen LogP contribution in [-0.2, 0) is 14.3 Å². The average Bonchev–Trinajstić information content (AvgIpc) is 2.16. The smallest absolute Gasteiger partial charge is 0.309 e. The molecule has 0 radical (unpaired) electrons. The summed E-state index contributed by atoms with van der Waals surface area (Å²) in [4.78, 5) is 22.2. The highest BCUT2D eigenvalue weighted by Gasteiger charge is 2.38. The van der Waals surface area contributed by atoms with Crippen molar-refractivity contribution in [3.8, 4) is 0 Å². The number of esters is 1. The van der Waals surface area contributed by atoms with E-state index in [-0.39, 0.29) is 5.97 Å². The van der Waals surface area contributed by atoms with Crippen LogP contribution in [0, 0.1) is 17.8 Å². The number of carboxylic acid groups (broad SMARTS) is 1. The molecule has 3 unspecified atom stereocenters. The van der Waals surface area contributed by atoms with Gasteiger partial charge in [-0.3, -0.25) is 9.59 Å². The summed E-state index contributed by atoms with van der Waals surface area (Å²) in [5, 5.41) is 8.93. The lowest BCUT2D eigenvalue weighted by molar-refractivity contribution is -0.158. The number of hydrogen-bond acceptors (Lipinski definition) is 3. The van der Waals surface area contributed by atoms with Crippen molar-refractivity contribution in [3.05, 3.63) is 0 Å². The van der Waals surface area contributed by atoms with Crippen molar-refractivity contribution in [2.24, 2.45) is 17.8 Å². The second-order valence-corrected chi connectivity index (χ2v) is 3.99. The van der Waals surface area contributed by atoms with Crippen molar-refractivity contribution >= 4 is 11.9 Å². The van der Waals surface area contributed by atoms with Crippen molar-refractivity contribution in [2.45, 2.75) is 26.2 Å². The molecule has 4 nitrogen and oxygen atoms in total. The van der Waals surface area contributed by atoms with Crippen LogP contribution in [-0.4, -0.2) is 24.2 Å². The van der Waals surface area contributed by atoms with Crippen LogP contribution < -0.4 is 0 Å². The maximum atomic E-state index is 11.3. The molecule has 1 aliphatic rings. The number of carbonyl (C=O) groups is 2. The largest absolute Gasteiger partial charge is 0.481 e. The van der Waals surface area contributed by atoms with E-state index in [2.05, 4.69) is 4.74 Å². The lowest BCUT2D eigenvalue weighted by Crippen LogP contribution is -2.35. The van der Waals surface area contributed by atoms with Crippen molar-refractivity contribution in [2.75, 3.05) is 7.11 Å². The molecule has 0 amide bonds. The Morgan fingerprint density at radius 1 is 1.29 bits per heavy atom. The third kappa shape index (κ3) is 2.25. The second kappa shape index (κ2) is 4.44. The fourth-order valence-electron chi connectivity index (χ4n) is 2.09. The zero-order valence-electron chi connectivity index (χ0n) is 8.53. The quantitative estimate of drug-likeness (QED) is 0.682. The van der Waals surface area contributed by atoms with Crippen LogP contribution in [0.3, 0.4) is 0 Å². The standard InChI is InChI=1S/C10H16O4/c1-6-3-4-7(9(11)12)8(5-6)10(13)14-2/h6-8H,3-5H2,1-2H3,(H,11,12). The molecule has 1 rings (SSSR count). The first-order valence-electron chi connectivity index (χ1n) is 4.87. The summed E-state index contributed by atoms with van der Waals surface area (Å²) < 4.78 is 4.62. The molecule has 80 valence electrons. The fraction of sp³-hybridized carbons (Fsp3) is 0.800. The Morgan fingerprint density at radius 3 is 2.43 bits per heavy atom. The van der Waals surface area contributed by atoms with Crippen LogP contribution in [0.15, 0.2) is 0 Å². The maximum absolute atomic E-state index is 11.3. The molecule has 0 aromatic carbocycles. The lowest BCUT2D eigenvalue weighted by atomic mass is 9.74. The third-order valence-electron chi connectivity index (χ3n) is 2.93. The van der Waals surface area contributed by atoms with Crippen LogP contribution in [0.25, 0.3) is 0 Å². The van der Waals surface area contributed by atoms with Gasteiger partial charge in [0.15, 0.2) is 0 Å². The minimum absolute atomic E-state index is 0.385. The van der Waals surface area contributed by atoms with E-state index in [4.69, 9.17) is 5.11 Å². The van der Waals surface area contributed by atoms with Crippen LogP contribution in [0.5, 0.6) is 0 Å². The highest BCUT2D eigenvalue weighted by Crippen LogP contribution is 2.34. The molecule has 0 aromatic rings. The highest BCUT2D eigenvalue weighted by atomic mass is 16.5.